The highest BCUT2D eigenvalue weighted by molar-refractivity contribution is 5.79. The van der Waals surface area contributed by atoms with Gasteiger partial charge in [0, 0.05) is 38.6 Å². The lowest BCUT2D eigenvalue weighted by molar-refractivity contribution is -0.138. The fourth-order valence-corrected chi connectivity index (χ4v) is 3.57. The van der Waals surface area contributed by atoms with Crippen molar-refractivity contribution in [2.24, 2.45) is 5.92 Å². The van der Waals surface area contributed by atoms with Gasteiger partial charge in [-0.15, -0.1) is 0 Å². The third-order valence-corrected chi connectivity index (χ3v) is 5.01. The number of piperidine rings is 1. The first-order chi connectivity index (χ1) is 11.8. The predicted octanol–water partition coefficient (Wildman–Crippen LogP) is 1.73. The second kappa shape index (κ2) is 8.49. The summed E-state index contributed by atoms with van der Waals surface area (Å²) in [5.74, 6) is 1.54. The normalized spacial score (nSPS) is 20.1. The number of rotatable bonds is 5. The van der Waals surface area contributed by atoms with E-state index in [-0.39, 0.29) is 5.92 Å². The average molecular weight is 331 g/mol. The summed E-state index contributed by atoms with van der Waals surface area (Å²) in [7, 11) is 0. The van der Waals surface area contributed by atoms with Crippen LogP contribution in [0.3, 0.4) is 0 Å². The Labute approximate surface area is 145 Å². The summed E-state index contributed by atoms with van der Waals surface area (Å²) in [6, 6.07) is 8.35. The van der Waals surface area contributed by atoms with E-state index in [1.165, 1.54) is 5.56 Å². The van der Waals surface area contributed by atoms with Gasteiger partial charge in [0.25, 0.3) is 0 Å². The first-order valence-corrected chi connectivity index (χ1v) is 9.20. The minimum Gasteiger partial charge on any atom is -0.494 e. The van der Waals surface area contributed by atoms with Gasteiger partial charge < -0.3 is 15.0 Å². The van der Waals surface area contributed by atoms with Crippen molar-refractivity contribution in [1.29, 1.82) is 0 Å². The summed E-state index contributed by atoms with van der Waals surface area (Å²) in [6.45, 7) is 9.25. The molecular formula is C19H29N3O2. The van der Waals surface area contributed by atoms with Crippen molar-refractivity contribution in [2.45, 2.75) is 26.3 Å². The maximum Gasteiger partial charge on any atom is 0.225 e. The van der Waals surface area contributed by atoms with E-state index in [1.807, 2.05) is 19.1 Å². The quantitative estimate of drug-likeness (QED) is 0.892. The molecule has 2 aliphatic heterocycles. The molecule has 2 fully saturated rings. The number of hydrogen-bond donors (Lipinski definition) is 1. The molecule has 5 nitrogen and oxygen atoms in total. The van der Waals surface area contributed by atoms with Gasteiger partial charge in [-0.05, 0) is 50.6 Å². The van der Waals surface area contributed by atoms with E-state index in [1.54, 1.807) is 0 Å². The van der Waals surface area contributed by atoms with Crippen LogP contribution in [0.2, 0.25) is 0 Å². The third kappa shape index (κ3) is 4.48. The Morgan fingerprint density at radius 1 is 1.12 bits per heavy atom. The van der Waals surface area contributed by atoms with Crippen LogP contribution in [0, 0.1) is 5.92 Å². The molecule has 0 saturated carbocycles. The van der Waals surface area contributed by atoms with E-state index in [0.717, 1.165) is 64.4 Å². The summed E-state index contributed by atoms with van der Waals surface area (Å²) in [5, 5.41) is 3.33. The Hall–Kier alpha value is -1.59. The van der Waals surface area contributed by atoms with Crippen LogP contribution in [0.5, 0.6) is 5.75 Å². The van der Waals surface area contributed by atoms with Crippen molar-refractivity contribution in [3.8, 4) is 5.75 Å². The molecule has 2 heterocycles. The van der Waals surface area contributed by atoms with Gasteiger partial charge in [0.1, 0.15) is 5.75 Å². The highest BCUT2D eigenvalue weighted by Gasteiger charge is 2.28. The molecule has 24 heavy (non-hydrogen) atoms. The van der Waals surface area contributed by atoms with E-state index in [4.69, 9.17) is 4.74 Å². The van der Waals surface area contributed by atoms with Crippen molar-refractivity contribution in [3.63, 3.8) is 0 Å². The smallest absolute Gasteiger partial charge is 0.225 e. The first-order valence-electron chi connectivity index (χ1n) is 9.20. The second-order valence-electron chi connectivity index (χ2n) is 6.70. The Morgan fingerprint density at radius 3 is 2.42 bits per heavy atom. The van der Waals surface area contributed by atoms with E-state index in [2.05, 4.69) is 27.2 Å². The van der Waals surface area contributed by atoms with Crippen LogP contribution in [0.1, 0.15) is 25.3 Å². The second-order valence-corrected chi connectivity index (χ2v) is 6.70. The molecule has 0 bridgehead atoms. The molecule has 0 atom stereocenters. The molecule has 1 amide bonds. The number of carbonyl (C=O) groups excluding carboxylic acids is 1. The monoisotopic (exact) mass is 331 g/mol. The van der Waals surface area contributed by atoms with Gasteiger partial charge in [-0.3, -0.25) is 9.69 Å². The molecule has 0 radical (unpaired) electrons. The van der Waals surface area contributed by atoms with Crippen molar-refractivity contribution in [2.75, 3.05) is 45.9 Å². The molecule has 1 aromatic carbocycles. The predicted molar refractivity (Wildman–Crippen MR) is 95.1 cm³/mol. The van der Waals surface area contributed by atoms with Crippen LogP contribution in [-0.2, 0) is 11.3 Å². The van der Waals surface area contributed by atoms with Crippen LogP contribution in [0.15, 0.2) is 24.3 Å². The van der Waals surface area contributed by atoms with Crippen molar-refractivity contribution in [1.82, 2.24) is 15.1 Å². The van der Waals surface area contributed by atoms with Crippen LogP contribution in [0.25, 0.3) is 0 Å². The zero-order valence-corrected chi connectivity index (χ0v) is 14.7. The van der Waals surface area contributed by atoms with Gasteiger partial charge in [-0.1, -0.05) is 12.1 Å². The van der Waals surface area contributed by atoms with E-state index in [0.29, 0.717) is 12.5 Å². The zero-order valence-electron chi connectivity index (χ0n) is 14.7. The third-order valence-electron chi connectivity index (χ3n) is 5.01. The van der Waals surface area contributed by atoms with E-state index >= 15 is 0 Å². The highest BCUT2D eigenvalue weighted by atomic mass is 16.5. The summed E-state index contributed by atoms with van der Waals surface area (Å²) in [5.41, 5.74) is 1.30. The van der Waals surface area contributed by atoms with Crippen molar-refractivity contribution >= 4 is 5.91 Å². The Balaban J connectivity index is 1.45. The van der Waals surface area contributed by atoms with Gasteiger partial charge in [0.15, 0.2) is 0 Å². The maximum atomic E-state index is 12.6. The summed E-state index contributed by atoms with van der Waals surface area (Å²) in [4.78, 5) is 17.1. The lowest BCUT2D eigenvalue weighted by atomic mass is 9.96. The molecule has 1 aromatic rings. The Bertz CT molecular complexity index is 518. The van der Waals surface area contributed by atoms with E-state index < -0.39 is 0 Å². The fraction of sp³-hybridized carbons (Fsp3) is 0.632. The first kappa shape index (κ1) is 17.2. The number of benzene rings is 1. The molecule has 0 unspecified atom stereocenters. The van der Waals surface area contributed by atoms with Gasteiger partial charge in [0.05, 0.1) is 6.61 Å². The standard InChI is InChI=1S/C19H29N3O2/c1-2-24-18-5-3-16(4-6-18)15-21-11-13-22(14-12-21)19(23)17-7-9-20-10-8-17/h3-6,17,20H,2,7-15H2,1H3. The molecule has 0 spiro atoms. The molecule has 2 saturated heterocycles. The summed E-state index contributed by atoms with van der Waals surface area (Å²) < 4.78 is 5.49. The van der Waals surface area contributed by atoms with Crippen molar-refractivity contribution < 1.29 is 9.53 Å². The number of carbonyl (C=O) groups is 1. The SMILES string of the molecule is CCOc1ccc(CN2CCN(C(=O)C3CCNCC3)CC2)cc1. The van der Waals surface area contributed by atoms with E-state index in [9.17, 15) is 4.79 Å². The minimum atomic E-state index is 0.240. The average Bonchev–Trinajstić information content (AvgIpc) is 2.64. The number of amides is 1. The van der Waals surface area contributed by atoms with Crippen LogP contribution >= 0.6 is 0 Å². The minimum absolute atomic E-state index is 0.240. The van der Waals surface area contributed by atoms with Crippen LogP contribution < -0.4 is 10.1 Å². The van der Waals surface area contributed by atoms with Crippen molar-refractivity contribution in [3.05, 3.63) is 29.8 Å². The number of hydrogen-bond acceptors (Lipinski definition) is 4. The molecule has 0 aliphatic carbocycles. The van der Waals surface area contributed by atoms with Gasteiger partial charge in [-0.2, -0.15) is 0 Å². The molecular weight excluding hydrogens is 302 g/mol. The highest BCUT2D eigenvalue weighted by Crippen LogP contribution is 2.18. The lowest BCUT2D eigenvalue weighted by Gasteiger charge is -2.37. The van der Waals surface area contributed by atoms with Crippen LogP contribution in [-0.4, -0.2) is 61.6 Å². The number of nitrogens with zero attached hydrogens (tertiary/aromatic N) is 2. The van der Waals surface area contributed by atoms with Gasteiger partial charge in [-0.25, -0.2) is 0 Å². The molecule has 2 aliphatic rings. The Kier molecular flexibility index (Phi) is 6.10. The number of piperazine rings is 1. The topological polar surface area (TPSA) is 44.8 Å². The number of ether oxygens (including phenoxy) is 1. The lowest BCUT2D eigenvalue weighted by Crippen LogP contribution is -2.51. The molecule has 5 heteroatoms. The maximum absolute atomic E-state index is 12.6. The van der Waals surface area contributed by atoms with Crippen LogP contribution in [0.4, 0.5) is 0 Å². The summed E-state index contributed by atoms with van der Waals surface area (Å²) in [6.07, 6.45) is 1.98. The number of nitrogens with one attached hydrogen (secondary N) is 1. The molecule has 1 N–H and O–H groups in total. The largest absolute Gasteiger partial charge is 0.494 e. The molecule has 3 rings (SSSR count). The Morgan fingerprint density at radius 2 is 1.79 bits per heavy atom. The van der Waals surface area contributed by atoms with Gasteiger partial charge >= 0.3 is 0 Å². The van der Waals surface area contributed by atoms with Gasteiger partial charge in [0.2, 0.25) is 5.91 Å². The fourth-order valence-electron chi connectivity index (χ4n) is 3.57. The summed E-state index contributed by atoms with van der Waals surface area (Å²) >= 11 is 0. The molecule has 132 valence electrons. The zero-order chi connectivity index (χ0) is 16.8. The molecule has 0 aromatic heterocycles.